The van der Waals surface area contributed by atoms with Crippen molar-refractivity contribution in [1.29, 1.82) is 0 Å². The Bertz CT molecular complexity index is 249. The summed E-state index contributed by atoms with van der Waals surface area (Å²) in [6.45, 7) is 4.62. The fourth-order valence-corrected chi connectivity index (χ4v) is 1.85. The van der Waals surface area contributed by atoms with Gasteiger partial charge in [0.1, 0.15) is 0 Å². The predicted molar refractivity (Wildman–Crippen MR) is 61.4 cm³/mol. The molecule has 0 nitrogen and oxygen atoms in total. The Morgan fingerprint density at radius 1 is 1.15 bits per heavy atom. The van der Waals surface area contributed by atoms with Gasteiger partial charge in [-0.1, -0.05) is 49.5 Å². The van der Waals surface area contributed by atoms with Crippen LogP contribution in [0.4, 0.5) is 0 Å². The second kappa shape index (κ2) is 5.76. The minimum atomic E-state index is -0.169. The first kappa shape index (κ1) is 10.3. The molecule has 0 saturated carbocycles. The molecule has 0 amide bonds. The predicted octanol–water partition coefficient (Wildman–Crippen LogP) is 3.47. The summed E-state index contributed by atoms with van der Waals surface area (Å²) in [5.41, 5.74) is 3.81. The van der Waals surface area contributed by atoms with Crippen molar-refractivity contribution in [3.05, 3.63) is 47.7 Å². The minimum Gasteiger partial charge on any atom is -0.101 e. The van der Waals surface area contributed by atoms with Crippen molar-refractivity contribution in [2.75, 3.05) is 0 Å². The van der Waals surface area contributed by atoms with Gasteiger partial charge in [0.2, 0.25) is 0 Å². The van der Waals surface area contributed by atoms with Gasteiger partial charge in [-0.25, -0.2) is 0 Å². The zero-order valence-electron chi connectivity index (χ0n) is 8.46. The van der Waals surface area contributed by atoms with E-state index < -0.39 is 0 Å². The maximum absolute atomic E-state index is 2.37. The van der Waals surface area contributed by atoms with E-state index in [0.717, 1.165) is 0 Å². The van der Waals surface area contributed by atoms with Gasteiger partial charge >= 0.3 is 0 Å². The van der Waals surface area contributed by atoms with Crippen LogP contribution in [0.5, 0.6) is 0 Å². The van der Waals surface area contributed by atoms with Gasteiger partial charge in [-0.3, -0.25) is 0 Å². The first-order valence-electron chi connectivity index (χ1n) is 4.79. The van der Waals surface area contributed by atoms with Gasteiger partial charge < -0.3 is 0 Å². The number of benzene rings is 1. The Kier molecular flexibility index (Phi) is 4.55. The highest BCUT2D eigenvalue weighted by atomic mass is 28.3. The summed E-state index contributed by atoms with van der Waals surface area (Å²) in [6.07, 6.45) is 4.67. The Balaban J connectivity index is 2.28. The zero-order valence-corrected chi connectivity index (χ0v) is 9.46. The molecule has 13 heavy (non-hydrogen) atoms. The monoisotopic (exact) mass is 189 g/mol. The molecule has 0 aliphatic rings. The number of hydrogen-bond donors (Lipinski definition) is 0. The highest BCUT2D eigenvalue weighted by molar-refractivity contribution is 6.61. The number of aryl methyl sites for hydroxylation is 1. The van der Waals surface area contributed by atoms with Crippen molar-refractivity contribution in [3.63, 3.8) is 0 Å². The molecule has 1 radical (unpaired) electrons. The lowest BCUT2D eigenvalue weighted by Crippen LogP contribution is -1.92. The van der Waals surface area contributed by atoms with E-state index >= 15 is 0 Å². The standard InChI is InChI=1S/C12H17Si/c1-13(2)11-7-6-10-12-8-4-3-5-9-12/h3-5,7-9,11H,6,10H2,1-2H3/b11-7+. The molecule has 1 aromatic carbocycles. The Labute approximate surface area is 82.9 Å². The van der Waals surface area contributed by atoms with Crippen LogP contribution < -0.4 is 0 Å². The summed E-state index contributed by atoms with van der Waals surface area (Å²) < 4.78 is 0. The lowest BCUT2D eigenvalue weighted by atomic mass is 10.1. The average Bonchev–Trinajstić information content (AvgIpc) is 2.14. The lowest BCUT2D eigenvalue weighted by molar-refractivity contribution is 1.00. The van der Waals surface area contributed by atoms with Gasteiger partial charge in [-0.2, -0.15) is 0 Å². The molecule has 1 aromatic rings. The van der Waals surface area contributed by atoms with Gasteiger partial charge in [-0.15, -0.1) is 5.70 Å². The van der Waals surface area contributed by atoms with Crippen LogP contribution in [0.25, 0.3) is 0 Å². The fourth-order valence-electron chi connectivity index (χ4n) is 1.21. The molecule has 0 fully saturated rings. The summed E-state index contributed by atoms with van der Waals surface area (Å²) in [5, 5.41) is 0. The molecule has 0 aromatic heterocycles. The summed E-state index contributed by atoms with van der Waals surface area (Å²) in [7, 11) is -0.169. The molecule has 0 N–H and O–H groups in total. The Hall–Kier alpha value is -0.823. The van der Waals surface area contributed by atoms with Crippen LogP contribution in [-0.2, 0) is 6.42 Å². The number of hydrogen-bond acceptors (Lipinski definition) is 0. The Morgan fingerprint density at radius 3 is 2.46 bits per heavy atom. The molecule has 0 saturated heterocycles. The van der Waals surface area contributed by atoms with Gasteiger partial charge in [0.15, 0.2) is 0 Å². The second-order valence-electron chi connectivity index (χ2n) is 3.50. The summed E-state index contributed by atoms with van der Waals surface area (Å²) in [6, 6.07) is 10.7. The molecule has 69 valence electrons. The van der Waals surface area contributed by atoms with E-state index in [-0.39, 0.29) is 8.80 Å². The van der Waals surface area contributed by atoms with Crippen molar-refractivity contribution in [3.8, 4) is 0 Å². The van der Waals surface area contributed by atoms with E-state index in [0.29, 0.717) is 0 Å². The van der Waals surface area contributed by atoms with Crippen LogP contribution in [-0.4, -0.2) is 8.80 Å². The van der Waals surface area contributed by atoms with E-state index in [2.05, 4.69) is 55.2 Å². The van der Waals surface area contributed by atoms with E-state index in [1.807, 2.05) is 0 Å². The third kappa shape index (κ3) is 4.68. The molecule has 0 spiro atoms. The third-order valence-electron chi connectivity index (χ3n) is 1.89. The van der Waals surface area contributed by atoms with Gasteiger partial charge in [0.05, 0.1) is 8.80 Å². The van der Waals surface area contributed by atoms with Crippen LogP contribution in [0.2, 0.25) is 13.1 Å². The Morgan fingerprint density at radius 2 is 1.85 bits per heavy atom. The molecule has 0 bridgehead atoms. The zero-order chi connectivity index (χ0) is 9.52. The van der Waals surface area contributed by atoms with Crippen molar-refractivity contribution in [2.45, 2.75) is 25.9 Å². The molecule has 0 unspecified atom stereocenters. The maximum atomic E-state index is 2.37. The molecule has 1 rings (SSSR count). The SMILES string of the molecule is C[Si](C)/C=C/CCc1ccccc1. The molecular formula is C12H17Si. The third-order valence-corrected chi connectivity index (χ3v) is 2.80. The molecule has 0 aliphatic heterocycles. The summed E-state index contributed by atoms with van der Waals surface area (Å²) in [5.74, 6) is 0. The molecule has 0 heterocycles. The first-order valence-corrected chi connectivity index (χ1v) is 7.37. The van der Waals surface area contributed by atoms with Crippen LogP contribution in [0.1, 0.15) is 12.0 Å². The largest absolute Gasteiger partial charge is 0.101 e. The van der Waals surface area contributed by atoms with Crippen LogP contribution in [0.3, 0.4) is 0 Å². The lowest BCUT2D eigenvalue weighted by Gasteiger charge is -1.96. The van der Waals surface area contributed by atoms with Crippen molar-refractivity contribution in [2.24, 2.45) is 0 Å². The summed E-state index contributed by atoms with van der Waals surface area (Å²) in [4.78, 5) is 0. The van der Waals surface area contributed by atoms with Crippen LogP contribution >= 0.6 is 0 Å². The van der Waals surface area contributed by atoms with Gasteiger partial charge in [0.25, 0.3) is 0 Å². The molecule has 0 aliphatic carbocycles. The van der Waals surface area contributed by atoms with Crippen molar-refractivity contribution in [1.82, 2.24) is 0 Å². The topological polar surface area (TPSA) is 0 Å². The fraction of sp³-hybridized carbons (Fsp3) is 0.333. The second-order valence-corrected chi connectivity index (χ2v) is 5.99. The van der Waals surface area contributed by atoms with Crippen molar-refractivity contribution >= 4 is 8.80 Å². The molecule has 1 heteroatoms. The van der Waals surface area contributed by atoms with E-state index in [1.54, 1.807) is 0 Å². The van der Waals surface area contributed by atoms with E-state index in [9.17, 15) is 0 Å². The van der Waals surface area contributed by atoms with Gasteiger partial charge in [0, 0.05) is 0 Å². The quantitative estimate of drug-likeness (QED) is 0.636. The highest BCUT2D eigenvalue weighted by Crippen LogP contribution is 2.02. The van der Waals surface area contributed by atoms with Gasteiger partial charge in [-0.05, 0) is 18.4 Å². The minimum absolute atomic E-state index is 0.169. The number of allylic oxidation sites excluding steroid dienone is 1. The smallest absolute Gasteiger partial charge is 0.0688 e. The maximum Gasteiger partial charge on any atom is 0.0688 e. The number of rotatable bonds is 4. The first-order chi connectivity index (χ1) is 6.29. The average molecular weight is 189 g/mol. The summed E-state index contributed by atoms with van der Waals surface area (Å²) >= 11 is 0. The van der Waals surface area contributed by atoms with Crippen molar-refractivity contribution < 1.29 is 0 Å². The van der Waals surface area contributed by atoms with Crippen LogP contribution in [0, 0.1) is 0 Å². The highest BCUT2D eigenvalue weighted by Gasteiger charge is 1.89. The molecular weight excluding hydrogens is 172 g/mol. The van der Waals surface area contributed by atoms with E-state index in [4.69, 9.17) is 0 Å². The van der Waals surface area contributed by atoms with Crippen LogP contribution in [0.15, 0.2) is 42.1 Å². The molecule has 0 atom stereocenters. The normalized spacial score (nSPS) is 11.3. The van der Waals surface area contributed by atoms with E-state index in [1.165, 1.54) is 18.4 Å².